The fourth-order valence-corrected chi connectivity index (χ4v) is 1.07. The van der Waals surface area contributed by atoms with Crippen LogP contribution in [0, 0.1) is 0 Å². The van der Waals surface area contributed by atoms with Gasteiger partial charge in [0.1, 0.15) is 5.52 Å². The Morgan fingerprint density at radius 1 is 1.30 bits per heavy atom. The van der Waals surface area contributed by atoms with Gasteiger partial charge >= 0.3 is 0 Å². The Kier molecular flexibility index (Phi) is 1.14. The van der Waals surface area contributed by atoms with Gasteiger partial charge in [-0.05, 0) is 6.07 Å². The highest BCUT2D eigenvalue weighted by Gasteiger charge is 1.96. The molecule has 0 aliphatic rings. The predicted octanol–water partition coefficient (Wildman–Crippen LogP) is 1.25. The van der Waals surface area contributed by atoms with E-state index in [1.54, 1.807) is 12.4 Å². The monoisotopic (exact) mass is 151 g/mol. The highest BCUT2D eigenvalue weighted by Crippen LogP contribution is 2.11. The Balaban J connectivity index is 2.88. The average Bonchev–Trinajstić information content (AvgIpc) is 2.27. The van der Waals surface area contributed by atoms with Crippen LogP contribution in [0.2, 0.25) is 0 Å². The van der Waals surface area contributed by atoms with Gasteiger partial charge in [0.15, 0.2) is 5.65 Å². The molecule has 0 atom stereocenters. The minimum absolute atomic E-state index is 0.785. The summed E-state index contributed by atoms with van der Waals surface area (Å²) >= 11 is 4.11. The van der Waals surface area contributed by atoms with Crippen molar-refractivity contribution in [3.63, 3.8) is 0 Å². The van der Waals surface area contributed by atoms with Gasteiger partial charge in [-0.1, -0.05) is 0 Å². The number of hydrogen-bond donors (Lipinski definition) is 2. The number of aromatic amines is 1. The Morgan fingerprint density at radius 3 is 2.90 bits per heavy atom. The van der Waals surface area contributed by atoms with Crippen molar-refractivity contribution in [2.24, 2.45) is 0 Å². The van der Waals surface area contributed by atoms with Crippen molar-refractivity contribution in [3.05, 3.63) is 18.5 Å². The van der Waals surface area contributed by atoms with Crippen LogP contribution in [0.3, 0.4) is 0 Å². The first-order valence-electron chi connectivity index (χ1n) is 2.85. The lowest BCUT2D eigenvalue weighted by Crippen LogP contribution is -1.76. The first-order chi connectivity index (χ1) is 4.86. The van der Waals surface area contributed by atoms with E-state index >= 15 is 0 Å². The van der Waals surface area contributed by atoms with Gasteiger partial charge in [0.25, 0.3) is 0 Å². The molecule has 10 heavy (non-hydrogen) atoms. The highest BCUT2D eigenvalue weighted by atomic mass is 32.1. The lowest BCUT2D eigenvalue weighted by Gasteiger charge is -1.82. The maximum atomic E-state index is 4.11. The molecule has 0 aliphatic carbocycles. The largest absolute Gasteiger partial charge is 0.333 e. The first-order valence-corrected chi connectivity index (χ1v) is 3.30. The van der Waals surface area contributed by atoms with Gasteiger partial charge in [-0.3, -0.25) is 4.98 Å². The molecule has 0 amide bonds. The molecule has 1 N–H and O–H groups in total. The van der Waals surface area contributed by atoms with Gasteiger partial charge in [-0.2, -0.15) is 0 Å². The number of rotatable bonds is 0. The molecule has 3 nitrogen and oxygen atoms in total. The Labute approximate surface area is 62.9 Å². The van der Waals surface area contributed by atoms with Crippen LogP contribution >= 0.6 is 12.6 Å². The number of aromatic nitrogens is 3. The molecule has 0 spiro atoms. The molecule has 2 rings (SSSR count). The summed E-state index contributed by atoms with van der Waals surface area (Å²) in [5, 5.41) is 0.793. The van der Waals surface area contributed by atoms with Crippen molar-refractivity contribution in [2.45, 2.75) is 5.03 Å². The molecule has 0 bridgehead atoms. The lowest BCUT2D eigenvalue weighted by atomic mass is 10.5. The molecule has 0 radical (unpaired) electrons. The number of nitrogens with one attached hydrogen (secondary N) is 1. The van der Waals surface area contributed by atoms with Crippen LogP contribution in [0.1, 0.15) is 0 Å². The number of hydrogen-bond acceptors (Lipinski definition) is 3. The zero-order valence-electron chi connectivity index (χ0n) is 5.07. The summed E-state index contributed by atoms with van der Waals surface area (Å²) in [7, 11) is 0. The zero-order valence-corrected chi connectivity index (χ0v) is 5.97. The van der Waals surface area contributed by atoms with E-state index in [2.05, 4.69) is 27.6 Å². The standard InChI is InChI=1S/C6H5N3S/c10-5-3-4-6(9-5)8-2-1-7-4/h1-3,10H,(H,8,9). The number of thiol groups is 1. The Hall–Kier alpha value is -1.03. The molecule has 0 saturated carbocycles. The van der Waals surface area contributed by atoms with E-state index in [-0.39, 0.29) is 0 Å². The summed E-state index contributed by atoms with van der Waals surface area (Å²) in [6, 6.07) is 1.84. The van der Waals surface area contributed by atoms with E-state index in [0.717, 1.165) is 16.2 Å². The summed E-state index contributed by atoms with van der Waals surface area (Å²) < 4.78 is 0. The molecule has 0 aliphatic heterocycles. The van der Waals surface area contributed by atoms with Crippen molar-refractivity contribution >= 4 is 23.8 Å². The van der Waals surface area contributed by atoms with Gasteiger partial charge in [-0.25, -0.2) is 4.98 Å². The highest BCUT2D eigenvalue weighted by molar-refractivity contribution is 7.80. The second kappa shape index (κ2) is 1.98. The van der Waals surface area contributed by atoms with E-state index in [9.17, 15) is 0 Å². The summed E-state index contributed by atoms with van der Waals surface area (Å²) in [5.41, 5.74) is 1.64. The van der Waals surface area contributed by atoms with E-state index < -0.39 is 0 Å². The lowest BCUT2D eigenvalue weighted by molar-refractivity contribution is 1.20. The molecule has 50 valence electrons. The third-order valence-electron chi connectivity index (χ3n) is 1.25. The fourth-order valence-electron chi connectivity index (χ4n) is 0.838. The van der Waals surface area contributed by atoms with Crippen LogP contribution < -0.4 is 0 Å². The smallest absolute Gasteiger partial charge is 0.156 e. The second-order valence-electron chi connectivity index (χ2n) is 1.94. The van der Waals surface area contributed by atoms with Crippen molar-refractivity contribution in [1.82, 2.24) is 15.0 Å². The van der Waals surface area contributed by atoms with E-state index in [1.807, 2.05) is 6.07 Å². The SMILES string of the molecule is Sc1cc2nccnc2[nH]1. The van der Waals surface area contributed by atoms with Crippen LogP contribution in [0.4, 0.5) is 0 Å². The summed E-state index contributed by atoms with van der Waals surface area (Å²) in [5.74, 6) is 0. The second-order valence-corrected chi connectivity index (χ2v) is 2.43. The van der Waals surface area contributed by atoms with Gasteiger partial charge in [0.2, 0.25) is 0 Å². The molecule has 0 aromatic carbocycles. The number of H-pyrrole nitrogens is 1. The molecule has 4 heteroatoms. The molecule has 0 saturated heterocycles. The molecule has 0 unspecified atom stereocenters. The van der Waals surface area contributed by atoms with Crippen molar-refractivity contribution in [1.29, 1.82) is 0 Å². The van der Waals surface area contributed by atoms with Crippen molar-refractivity contribution in [2.75, 3.05) is 0 Å². The van der Waals surface area contributed by atoms with Gasteiger partial charge < -0.3 is 4.98 Å². The maximum Gasteiger partial charge on any atom is 0.156 e. The van der Waals surface area contributed by atoms with Crippen LogP contribution in [0.15, 0.2) is 23.5 Å². The molecule has 2 aromatic heterocycles. The summed E-state index contributed by atoms with van der Waals surface area (Å²) in [6.45, 7) is 0. The topological polar surface area (TPSA) is 41.6 Å². The molecule has 0 fully saturated rings. The molecule has 2 heterocycles. The van der Waals surface area contributed by atoms with Crippen molar-refractivity contribution in [3.8, 4) is 0 Å². The third kappa shape index (κ3) is 0.769. The third-order valence-corrected chi connectivity index (χ3v) is 1.49. The average molecular weight is 151 g/mol. The van der Waals surface area contributed by atoms with Gasteiger partial charge in [0.05, 0.1) is 5.03 Å². The summed E-state index contributed by atoms with van der Waals surface area (Å²) in [6.07, 6.45) is 3.30. The van der Waals surface area contributed by atoms with Crippen LogP contribution in [-0.2, 0) is 0 Å². The van der Waals surface area contributed by atoms with Crippen molar-refractivity contribution < 1.29 is 0 Å². The quantitative estimate of drug-likeness (QED) is 0.556. The van der Waals surface area contributed by atoms with Gasteiger partial charge in [-0.15, -0.1) is 12.6 Å². The molecular weight excluding hydrogens is 146 g/mol. The van der Waals surface area contributed by atoms with Crippen LogP contribution in [-0.4, -0.2) is 15.0 Å². The minimum atomic E-state index is 0.785. The van der Waals surface area contributed by atoms with Crippen LogP contribution in [0.5, 0.6) is 0 Å². The normalized spacial score (nSPS) is 10.5. The Bertz CT molecular complexity index is 322. The number of fused-ring (bicyclic) bond motifs is 1. The first kappa shape index (κ1) is 5.73. The number of nitrogens with zero attached hydrogens (tertiary/aromatic N) is 2. The predicted molar refractivity (Wildman–Crippen MR) is 41.1 cm³/mol. The van der Waals surface area contributed by atoms with Crippen LogP contribution in [0.25, 0.3) is 11.2 Å². The molecule has 2 aromatic rings. The fraction of sp³-hybridized carbons (Fsp3) is 0. The summed E-state index contributed by atoms with van der Waals surface area (Å²) in [4.78, 5) is 11.0. The maximum absolute atomic E-state index is 4.11. The van der Waals surface area contributed by atoms with E-state index in [1.165, 1.54) is 0 Å². The van der Waals surface area contributed by atoms with E-state index in [4.69, 9.17) is 0 Å². The Morgan fingerprint density at radius 2 is 2.10 bits per heavy atom. The van der Waals surface area contributed by atoms with Gasteiger partial charge in [0, 0.05) is 12.4 Å². The minimum Gasteiger partial charge on any atom is -0.333 e. The molecular formula is C6H5N3S. The van der Waals surface area contributed by atoms with E-state index in [0.29, 0.717) is 0 Å². The zero-order chi connectivity index (χ0) is 6.97.